The van der Waals surface area contributed by atoms with Gasteiger partial charge in [-0.1, -0.05) is 42.1 Å². The van der Waals surface area contributed by atoms with Crippen LogP contribution in [0.1, 0.15) is 0 Å². The maximum atomic E-state index is 4.61. The summed E-state index contributed by atoms with van der Waals surface area (Å²) in [5, 5.41) is 2.12. The molecule has 2 nitrogen and oxygen atoms in total. The van der Waals surface area contributed by atoms with E-state index in [1.54, 1.807) is 23.1 Å². The van der Waals surface area contributed by atoms with Crippen molar-refractivity contribution in [3.63, 3.8) is 0 Å². The Labute approximate surface area is 104 Å². The number of hydrogen-bond acceptors (Lipinski definition) is 4. The van der Waals surface area contributed by atoms with E-state index in [1.807, 2.05) is 18.2 Å². The molecule has 0 radical (unpaired) electrons. The first-order valence-electron chi connectivity index (χ1n) is 5.04. The van der Waals surface area contributed by atoms with E-state index in [1.165, 1.54) is 5.56 Å². The van der Waals surface area contributed by atoms with Crippen molar-refractivity contribution in [2.75, 3.05) is 20.0 Å². The van der Waals surface area contributed by atoms with Crippen molar-refractivity contribution < 1.29 is 0 Å². The molecule has 0 aliphatic rings. The minimum atomic E-state index is 0.974. The Hall–Kier alpha value is -0.840. The fourth-order valence-electron chi connectivity index (χ4n) is 1.25. The Balaban J connectivity index is 2.08. The second kappa shape index (κ2) is 5.48. The van der Waals surface area contributed by atoms with Gasteiger partial charge in [-0.3, -0.25) is 4.90 Å². The van der Waals surface area contributed by atoms with Crippen LogP contribution in [0, 0.1) is 0 Å². The van der Waals surface area contributed by atoms with Crippen LogP contribution in [0.3, 0.4) is 0 Å². The van der Waals surface area contributed by atoms with Gasteiger partial charge in [-0.2, -0.15) is 0 Å². The molecule has 0 saturated carbocycles. The Morgan fingerprint density at radius 3 is 2.69 bits per heavy atom. The summed E-state index contributed by atoms with van der Waals surface area (Å²) in [5.41, 5.74) is 2.27. The summed E-state index contributed by atoms with van der Waals surface area (Å²) in [6.45, 7) is 0. The standard InChI is InChI=1S/C12H14N2S2/c1-14(2)9-16-12-13-11(8-15-12)10-6-4-3-5-7-10/h3-8H,9H2,1-2H3. The van der Waals surface area contributed by atoms with Gasteiger partial charge < -0.3 is 0 Å². The maximum absolute atomic E-state index is 4.61. The van der Waals surface area contributed by atoms with Crippen molar-refractivity contribution in [2.24, 2.45) is 0 Å². The minimum Gasteiger partial charge on any atom is -0.300 e. The van der Waals surface area contributed by atoms with Crippen LogP contribution < -0.4 is 0 Å². The third-order valence-electron chi connectivity index (χ3n) is 2.00. The molecular weight excluding hydrogens is 236 g/mol. The zero-order valence-electron chi connectivity index (χ0n) is 9.38. The molecule has 0 saturated heterocycles. The average Bonchev–Trinajstić information content (AvgIpc) is 2.76. The quantitative estimate of drug-likeness (QED) is 0.611. The van der Waals surface area contributed by atoms with Gasteiger partial charge in [0.2, 0.25) is 0 Å². The van der Waals surface area contributed by atoms with E-state index in [0.29, 0.717) is 0 Å². The van der Waals surface area contributed by atoms with Gasteiger partial charge in [0, 0.05) is 10.9 Å². The lowest BCUT2D eigenvalue weighted by Gasteiger charge is -2.05. The highest BCUT2D eigenvalue weighted by Gasteiger charge is 2.04. The molecule has 1 heterocycles. The van der Waals surface area contributed by atoms with Crippen molar-refractivity contribution in [1.29, 1.82) is 0 Å². The molecule has 0 amide bonds. The van der Waals surface area contributed by atoms with Crippen LogP contribution in [0.4, 0.5) is 0 Å². The predicted octanol–water partition coefficient (Wildman–Crippen LogP) is 3.42. The molecule has 0 bridgehead atoms. The Morgan fingerprint density at radius 2 is 2.00 bits per heavy atom. The third kappa shape index (κ3) is 3.07. The summed E-state index contributed by atoms with van der Waals surface area (Å²) >= 11 is 3.49. The zero-order valence-corrected chi connectivity index (χ0v) is 11.0. The second-order valence-corrected chi connectivity index (χ2v) is 5.77. The van der Waals surface area contributed by atoms with Crippen molar-refractivity contribution >= 4 is 23.1 Å². The van der Waals surface area contributed by atoms with Crippen molar-refractivity contribution in [3.8, 4) is 11.3 Å². The van der Waals surface area contributed by atoms with Gasteiger partial charge in [0.1, 0.15) is 0 Å². The molecule has 0 aliphatic carbocycles. The van der Waals surface area contributed by atoms with Crippen LogP contribution in [0.25, 0.3) is 11.3 Å². The molecule has 0 unspecified atom stereocenters. The number of aromatic nitrogens is 1. The largest absolute Gasteiger partial charge is 0.300 e. The fourth-order valence-corrected chi connectivity index (χ4v) is 2.91. The monoisotopic (exact) mass is 250 g/mol. The minimum absolute atomic E-state index is 0.974. The van der Waals surface area contributed by atoms with E-state index in [2.05, 4.69) is 41.5 Å². The van der Waals surface area contributed by atoms with E-state index in [-0.39, 0.29) is 0 Å². The molecule has 2 rings (SSSR count). The van der Waals surface area contributed by atoms with Crippen LogP contribution in [0.2, 0.25) is 0 Å². The normalized spacial score (nSPS) is 10.9. The number of nitrogens with zero attached hydrogens (tertiary/aromatic N) is 2. The first-order valence-corrected chi connectivity index (χ1v) is 6.91. The number of thiazole rings is 1. The summed E-state index contributed by atoms with van der Waals surface area (Å²) in [6, 6.07) is 10.3. The van der Waals surface area contributed by atoms with Gasteiger partial charge in [0.05, 0.1) is 11.6 Å². The molecule has 1 aromatic heterocycles. The van der Waals surface area contributed by atoms with Crippen LogP contribution >= 0.6 is 23.1 Å². The topological polar surface area (TPSA) is 16.1 Å². The molecule has 4 heteroatoms. The summed E-state index contributed by atoms with van der Waals surface area (Å²) < 4.78 is 1.13. The molecule has 16 heavy (non-hydrogen) atoms. The summed E-state index contributed by atoms with van der Waals surface area (Å²) in [5.74, 6) is 0.974. The lowest BCUT2D eigenvalue weighted by atomic mass is 10.2. The van der Waals surface area contributed by atoms with Crippen LogP contribution in [0.15, 0.2) is 40.1 Å². The molecule has 0 fully saturated rings. The Bertz CT molecular complexity index is 437. The summed E-state index contributed by atoms with van der Waals surface area (Å²) in [6.07, 6.45) is 0. The third-order valence-corrected chi connectivity index (χ3v) is 4.26. The molecule has 0 N–H and O–H groups in total. The first kappa shape index (κ1) is 11.6. The molecular formula is C12H14N2S2. The summed E-state index contributed by atoms with van der Waals surface area (Å²) in [4.78, 5) is 6.75. The first-order chi connectivity index (χ1) is 7.75. The fraction of sp³-hybridized carbons (Fsp3) is 0.250. The smallest absolute Gasteiger partial charge is 0.151 e. The van der Waals surface area contributed by atoms with Gasteiger partial charge >= 0.3 is 0 Å². The Morgan fingerprint density at radius 1 is 1.25 bits per heavy atom. The van der Waals surface area contributed by atoms with E-state index in [4.69, 9.17) is 0 Å². The highest BCUT2D eigenvalue weighted by atomic mass is 32.2. The lowest BCUT2D eigenvalue weighted by molar-refractivity contribution is 0.485. The van der Waals surface area contributed by atoms with Crippen molar-refractivity contribution in [2.45, 2.75) is 4.34 Å². The van der Waals surface area contributed by atoms with Crippen LogP contribution in [0.5, 0.6) is 0 Å². The predicted molar refractivity (Wildman–Crippen MR) is 72.0 cm³/mol. The second-order valence-electron chi connectivity index (χ2n) is 3.72. The van der Waals surface area contributed by atoms with E-state index in [9.17, 15) is 0 Å². The van der Waals surface area contributed by atoms with Crippen LogP contribution in [-0.2, 0) is 0 Å². The van der Waals surface area contributed by atoms with Gasteiger partial charge in [0.25, 0.3) is 0 Å². The number of thioether (sulfide) groups is 1. The molecule has 1 aromatic carbocycles. The molecule has 2 aromatic rings. The van der Waals surface area contributed by atoms with Gasteiger partial charge in [-0.25, -0.2) is 4.98 Å². The molecule has 0 spiro atoms. The van der Waals surface area contributed by atoms with E-state index in [0.717, 1.165) is 15.9 Å². The number of rotatable bonds is 4. The maximum Gasteiger partial charge on any atom is 0.151 e. The van der Waals surface area contributed by atoms with Gasteiger partial charge in [-0.05, 0) is 14.1 Å². The SMILES string of the molecule is CN(C)CSc1nc(-c2ccccc2)cs1. The van der Waals surface area contributed by atoms with Crippen molar-refractivity contribution in [3.05, 3.63) is 35.7 Å². The number of benzene rings is 1. The molecule has 0 aliphatic heterocycles. The van der Waals surface area contributed by atoms with Crippen molar-refractivity contribution in [1.82, 2.24) is 9.88 Å². The van der Waals surface area contributed by atoms with Gasteiger partial charge in [-0.15, -0.1) is 11.3 Å². The molecule has 0 atom stereocenters. The lowest BCUT2D eigenvalue weighted by Crippen LogP contribution is -2.09. The highest BCUT2D eigenvalue weighted by Crippen LogP contribution is 2.28. The van der Waals surface area contributed by atoms with E-state index < -0.39 is 0 Å². The highest BCUT2D eigenvalue weighted by molar-refractivity contribution is 8.00. The summed E-state index contributed by atoms with van der Waals surface area (Å²) in [7, 11) is 4.14. The van der Waals surface area contributed by atoms with Gasteiger partial charge in [0.15, 0.2) is 4.34 Å². The average molecular weight is 250 g/mol. The van der Waals surface area contributed by atoms with Crippen LogP contribution in [-0.4, -0.2) is 29.9 Å². The zero-order chi connectivity index (χ0) is 11.4. The number of hydrogen-bond donors (Lipinski definition) is 0. The van der Waals surface area contributed by atoms with E-state index >= 15 is 0 Å². The molecule has 84 valence electrons. The Kier molecular flexibility index (Phi) is 3.98.